The largest absolute Gasteiger partial charge is 0.378 e. The van der Waals surface area contributed by atoms with Crippen LogP contribution in [0.25, 0.3) is 28.1 Å². The molecule has 4 heterocycles. The minimum Gasteiger partial charge on any atom is -0.378 e. The number of hydrogen-bond acceptors (Lipinski definition) is 7. The molecule has 5 aromatic rings. The van der Waals surface area contributed by atoms with Gasteiger partial charge in [-0.15, -0.1) is 0 Å². The van der Waals surface area contributed by atoms with Crippen LogP contribution < -0.4 is 15.8 Å². The zero-order valence-electron chi connectivity index (χ0n) is 18.7. The van der Waals surface area contributed by atoms with Crippen LogP contribution in [0.5, 0.6) is 0 Å². The van der Waals surface area contributed by atoms with Crippen LogP contribution in [0.3, 0.4) is 0 Å². The van der Waals surface area contributed by atoms with Gasteiger partial charge in [-0.25, -0.2) is 15.0 Å². The number of imidazole rings is 1. The molecule has 2 aromatic carbocycles. The lowest BCUT2D eigenvalue weighted by atomic mass is 10.1. The summed E-state index contributed by atoms with van der Waals surface area (Å²) in [6, 6.07) is 15.7. The van der Waals surface area contributed by atoms with Crippen molar-refractivity contribution in [3.63, 3.8) is 0 Å². The summed E-state index contributed by atoms with van der Waals surface area (Å²) in [6.07, 6.45) is 5.42. The molecule has 1 N–H and O–H groups in total. The summed E-state index contributed by atoms with van der Waals surface area (Å²) < 4.78 is 9.04. The zero-order chi connectivity index (χ0) is 23.1. The van der Waals surface area contributed by atoms with E-state index in [1.54, 1.807) is 24.0 Å². The first kappa shape index (κ1) is 20.4. The van der Waals surface area contributed by atoms with Gasteiger partial charge in [-0.3, -0.25) is 9.20 Å². The van der Waals surface area contributed by atoms with E-state index >= 15 is 0 Å². The molecule has 0 bridgehead atoms. The van der Waals surface area contributed by atoms with E-state index in [-0.39, 0.29) is 5.56 Å². The van der Waals surface area contributed by atoms with Crippen LogP contribution in [0.4, 0.5) is 17.2 Å². The van der Waals surface area contributed by atoms with Crippen LogP contribution in [0.2, 0.25) is 0 Å². The van der Waals surface area contributed by atoms with E-state index in [1.165, 1.54) is 0 Å². The number of hydrogen-bond donors (Lipinski definition) is 1. The number of fused-ring (bicyclic) bond motifs is 2. The van der Waals surface area contributed by atoms with E-state index in [0.29, 0.717) is 24.8 Å². The summed E-state index contributed by atoms with van der Waals surface area (Å²) in [7, 11) is 1.77. The Morgan fingerprint density at radius 1 is 1.03 bits per heavy atom. The highest BCUT2D eigenvalue weighted by molar-refractivity contribution is 5.83. The Kier molecular flexibility index (Phi) is 4.96. The minimum absolute atomic E-state index is 0.193. The molecule has 0 radical (unpaired) electrons. The molecule has 6 rings (SSSR count). The van der Waals surface area contributed by atoms with Crippen molar-refractivity contribution in [3.05, 3.63) is 77.5 Å². The number of nitrogens with one attached hydrogen (secondary N) is 1. The van der Waals surface area contributed by atoms with Crippen molar-refractivity contribution >= 4 is 34.0 Å². The zero-order valence-corrected chi connectivity index (χ0v) is 18.7. The topological polar surface area (TPSA) is 89.6 Å². The summed E-state index contributed by atoms with van der Waals surface area (Å²) in [6.45, 7) is 3.00. The third-order valence-corrected chi connectivity index (χ3v) is 6.17. The van der Waals surface area contributed by atoms with Crippen LogP contribution in [0.1, 0.15) is 0 Å². The standard InChI is InChI=1S/C25H23N7O2/c1-30-21-15-17(22-16-27-25-26-9-4-10-32(22)25)7-8-19(21)29-23(24(30)33)28-18-5-2-3-6-20(18)31-11-13-34-14-12-31/h2-10,15-16H,11-14H2,1H3,(H,28,29). The van der Waals surface area contributed by atoms with Crippen molar-refractivity contribution in [2.75, 3.05) is 36.5 Å². The molecule has 0 saturated carbocycles. The lowest BCUT2D eigenvalue weighted by Crippen LogP contribution is -2.36. The highest BCUT2D eigenvalue weighted by atomic mass is 16.5. The molecule has 3 aromatic heterocycles. The summed E-state index contributed by atoms with van der Waals surface area (Å²) in [5.41, 5.74) is 5.00. The Labute approximate surface area is 195 Å². The highest BCUT2D eigenvalue weighted by Gasteiger charge is 2.17. The number of para-hydroxylation sites is 2. The van der Waals surface area contributed by atoms with E-state index < -0.39 is 0 Å². The highest BCUT2D eigenvalue weighted by Crippen LogP contribution is 2.29. The minimum atomic E-state index is -0.193. The van der Waals surface area contributed by atoms with E-state index in [9.17, 15) is 4.79 Å². The van der Waals surface area contributed by atoms with Gasteiger partial charge in [0.1, 0.15) is 0 Å². The summed E-state index contributed by atoms with van der Waals surface area (Å²) in [4.78, 5) is 28.8. The molecular formula is C25H23N7O2. The Bertz CT molecular complexity index is 1570. The number of morpholine rings is 1. The van der Waals surface area contributed by atoms with Gasteiger partial charge in [-0.05, 0) is 30.3 Å². The molecule has 1 fully saturated rings. The molecule has 0 aliphatic carbocycles. The van der Waals surface area contributed by atoms with Crippen LogP contribution in [0.15, 0.2) is 71.9 Å². The monoisotopic (exact) mass is 453 g/mol. The lowest BCUT2D eigenvalue weighted by Gasteiger charge is -2.30. The van der Waals surface area contributed by atoms with Crippen LogP contribution in [0, 0.1) is 0 Å². The maximum Gasteiger partial charge on any atom is 0.293 e. The fourth-order valence-electron chi connectivity index (χ4n) is 4.39. The van der Waals surface area contributed by atoms with Gasteiger partial charge < -0.3 is 19.5 Å². The predicted octanol–water partition coefficient (Wildman–Crippen LogP) is 3.22. The molecule has 0 atom stereocenters. The first-order valence-electron chi connectivity index (χ1n) is 11.2. The fourth-order valence-corrected chi connectivity index (χ4v) is 4.39. The second-order valence-electron chi connectivity index (χ2n) is 8.20. The third kappa shape index (κ3) is 3.46. The first-order chi connectivity index (χ1) is 16.7. The van der Waals surface area contributed by atoms with Crippen molar-refractivity contribution in [2.45, 2.75) is 0 Å². The molecule has 34 heavy (non-hydrogen) atoms. The second-order valence-corrected chi connectivity index (χ2v) is 8.20. The van der Waals surface area contributed by atoms with Crippen LogP contribution in [-0.4, -0.2) is 50.2 Å². The van der Waals surface area contributed by atoms with E-state index in [2.05, 4.69) is 31.2 Å². The molecule has 9 nitrogen and oxygen atoms in total. The van der Waals surface area contributed by atoms with Crippen LogP contribution in [-0.2, 0) is 11.8 Å². The average molecular weight is 454 g/mol. The van der Waals surface area contributed by atoms with Gasteiger partial charge in [0.25, 0.3) is 5.56 Å². The molecule has 0 unspecified atom stereocenters. The molecule has 0 amide bonds. The van der Waals surface area contributed by atoms with Gasteiger partial charge >= 0.3 is 0 Å². The average Bonchev–Trinajstić information content (AvgIpc) is 3.32. The van der Waals surface area contributed by atoms with Crippen LogP contribution >= 0.6 is 0 Å². The molecule has 0 spiro atoms. The maximum absolute atomic E-state index is 13.3. The summed E-state index contributed by atoms with van der Waals surface area (Å²) in [5, 5.41) is 3.29. The van der Waals surface area contributed by atoms with E-state index in [1.807, 2.05) is 53.1 Å². The number of aryl methyl sites for hydroxylation is 1. The molecule has 1 aliphatic heterocycles. The number of aromatic nitrogens is 5. The first-order valence-corrected chi connectivity index (χ1v) is 11.2. The van der Waals surface area contributed by atoms with Gasteiger partial charge in [-0.1, -0.05) is 18.2 Å². The Morgan fingerprint density at radius 2 is 1.88 bits per heavy atom. The maximum atomic E-state index is 13.3. The Hall–Kier alpha value is -4.24. The van der Waals surface area contributed by atoms with Gasteiger partial charge in [0, 0.05) is 38.1 Å². The summed E-state index contributed by atoms with van der Waals surface area (Å²) >= 11 is 0. The fraction of sp³-hybridized carbons (Fsp3) is 0.200. The van der Waals surface area contributed by atoms with Crippen molar-refractivity contribution in [1.82, 2.24) is 23.9 Å². The van der Waals surface area contributed by atoms with Gasteiger partial charge in [0.15, 0.2) is 5.82 Å². The Morgan fingerprint density at radius 3 is 2.76 bits per heavy atom. The van der Waals surface area contributed by atoms with Gasteiger partial charge in [0.2, 0.25) is 5.78 Å². The third-order valence-electron chi connectivity index (χ3n) is 6.17. The normalized spacial score (nSPS) is 14.1. The van der Waals surface area contributed by atoms with Gasteiger partial charge in [0.05, 0.1) is 47.5 Å². The van der Waals surface area contributed by atoms with Crippen molar-refractivity contribution in [3.8, 4) is 11.3 Å². The van der Waals surface area contributed by atoms with Gasteiger partial charge in [-0.2, -0.15) is 0 Å². The second kappa shape index (κ2) is 8.27. The number of anilines is 3. The molecular weight excluding hydrogens is 430 g/mol. The van der Waals surface area contributed by atoms with E-state index in [0.717, 1.165) is 46.8 Å². The molecule has 170 valence electrons. The Balaban J connectivity index is 1.40. The molecule has 1 saturated heterocycles. The lowest BCUT2D eigenvalue weighted by molar-refractivity contribution is 0.123. The molecule has 1 aliphatic rings. The number of ether oxygens (including phenoxy) is 1. The summed E-state index contributed by atoms with van der Waals surface area (Å²) in [5.74, 6) is 0.922. The van der Waals surface area contributed by atoms with Crippen molar-refractivity contribution < 1.29 is 4.74 Å². The number of rotatable bonds is 4. The predicted molar refractivity (Wildman–Crippen MR) is 132 cm³/mol. The molecule has 9 heteroatoms. The number of benzene rings is 2. The quantitative estimate of drug-likeness (QED) is 0.447. The van der Waals surface area contributed by atoms with Crippen molar-refractivity contribution in [2.24, 2.45) is 7.05 Å². The van der Waals surface area contributed by atoms with Crippen molar-refractivity contribution in [1.29, 1.82) is 0 Å². The number of nitrogens with zero attached hydrogens (tertiary/aromatic N) is 6. The van der Waals surface area contributed by atoms with E-state index in [4.69, 9.17) is 4.74 Å². The SMILES string of the molecule is Cn1c(=O)c(Nc2ccccc2N2CCOCC2)nc2ccc(-c3cnc4ncccn34)cc21. The smallest absolute Gasteiger partial charge is 0.293 e.